The summed E-state index contributed by atoms with van der Waals surface area (Å²) in [6, 6.07) is 0. The molecule has 0 radical (unpaired) electrons. The highest BCUT2D eigenvalue weighted by Gasteiger charge is 2.53. The number of imidazole rings is 1. The SMILES string of the molecule is Cn1ccnc1CC(O)C1C2CCCCC21. The highest BCUT2D eigenvalue weighted by molar-refractivity contribution is 5.05. The van der Waals surface area contributed by atoms with Crippen LogP contribution < -0.4 is 0 Å². The van der Waals surface area contributed by atoms with Crippen LogP contribution >= 0.6 is 0 Å². The lowest BCUT2D eigenvalue weighted by molar-refractivity contribution is 0.137. The number of hydrogen-bond acceptors (Lipinski definition) is 2. The molecule has 1 aromatic heterocycles. The minimum Gasteiger partial charge on any atom is -0.392 e. The van der Waals surface area contributed by atoms with Gasteiger partial charge < -0.3 is 9.67 Å². The molecule has 1 aromatic rings. The molecule has 3 atom stereocenters. The van der Waals surface area contributed by atoms with E-state index in [-0.39, 0.29) is 6.10 Å². The van der Waals surface area contributed by atoms with Gasteiger partial charge in [-0.15, -0.1) is 0 Å². The Balaban J connectivity index is 1.62. The Morgan fingerprint density at radius 3 is 2.69 bits per heavy atom. The Bertz CT molecular complexity index is 362. The van der Waals surface area contributed by atoms with Crippen molar-refractivity contribution in [2.24, 2.45) is 24.8 Å². The topological polar surface area (TPSA) is 38.0 Å². The van der Waals surface area contributed by atoms with Crippen molar-refractivity contribution in [1.82, 2.24) is 9.55 Å². The van der Waals surface area contributed by atoms with Crippen LogP contribution in [0.4, 0.5) is 0 Å². The van der Waals surface area contributed by atoms with E-state index in [1.807, 2.05) is 24.0 Å². The quantitative estimate of drug-likeness (QED) is 0.843. The Morgan fingerprint density at radius 2 is 2.12 bits per heavy atom. The third-order valence-corrected chi connectivity index (χ3v) is 4.48. The van der Waals surface area contributed by atoms with Crippen molar-refractivity contribution in [2.75, 3.05) is 0 Å². The lowest BCUT2D eigenvalue weighted by Crippen LogP contribution is -2.17. The van der Waals surface area contributed by atoms with Crippen molar-refractivity contribution in [2.45, 2.75) is 38.2 Å². The van der Waals surface area contributed by atoms with Gasteiger partial charge in [-0.05, 0) is 30.6 Å². The van der Waals surface area contributed by atoms with Gasteiger partial charge in [0, 0.05) is 25.9 Å². The monoisotopic (exact) mass is 220 g/mol. The molecule has 2 aliphatic rings. The molecule has 3 heteroatoms. The maximum Gasteiger partial charge on any atom is 0.110 e. The first-order valence-corrected chi connectivity index (χ1v) is 6.41. The molecule has 16 heavy (non-hydrogen) atoms. The number of fused-ring (bicyclic) bond motifs is 1. The highest BCUT2D eigenvalue weighted by atomic mass is 16.3. The number of rotatable bonds is 3. The fourth-order valence-corrected chi connectivity index (χ4v) is 3.53. The van der Waals surface area contributed by atoms with Crippen molar-refractivity contribution in [1.29, 1.82) is 0 Å². The molecule has 1 N–H and O–H groups in total. The summed E-state index contributed by atoms with van der Waals surface area (Å²) in [7, 11) is 2.00. The van der Waals surface area contributed by atoms with E-state index in [0.717, 1.165) is 24.1 Å². The average Bonchev–Trinajstić information content (AvgIpc) is 2.90. The zero-order valence-corrected chi connectivity index (χ0v) is 9.84. The van der Waals surface area contributed by atoms with Crippen LogP contribution in [0, 0.1) is 17.8 Å². The number of nitrogens with zero attached hydrogens (tertiary/aromatic N) is 2. The number of aromatic nitrogens is 2. The van der Waals surface area contributed by atoms with E-state index >= 15 is 0 Å². The second-order valence-corrected chi connectivity index (χ2v) is 5.42. The van der Waals surface area contributed by atoms with Crippen LogP contribution in [0.1, 0.15) is 31.5 Å². The summed E-state index contributed by atoms with van der Waals surface area (Å²) >= 11 is 0. The molecule has 0 aliphatic heterocycles. The molecule has 3 nitrogen and oxygen atoms in total. The minimum atomic E-state index is -0.172. The molecular weight excluding hydrogens is 200 g/mol. The second-order valence-electron chi connectivity index (χ2n) is 5.42. The van der Waals surface area contributed by atoms with Gasteiger partial charge in [0.05, 0.1) is 6.10 Å². The van der Waals surface area contributed by atoms with Crippen LogP contribution in [0.15, 0.2) is 12.4 Å². The van der Waals surface area contributed by atoms with Crippen LogP contribution in [-0.4, -0.2) is 20.8 Å². The smallest absolute Gasteiger partial charge is 0.110 e. The van der Waals surface area contributed by atoms with E-state index in [1.165, 1.54) is 25.7 Å². The summed E-state index contributed by atoms with van der Waals surface area (Å²) in [5, 5.41) is 10.3. The predicted octanol–water partition coefficient (Wildman–Crippen LogP) is 1.76. The predicted molar refractivity (Wildman–Crippen MR) is 61.9 cm³/mol. The molecule has 0 amide bonds. The van der Waals surface area contributed by atoms with Gasteiger partial charge in [0.15, 0.2) is 0 Å². The summed E-state index contributed by atoms with van der Waals surface area (Å²) in [6.45, 7) is 0. The summed E-state index contributed by atoms with van der Waals surface area (Å²) < 4.78 is 2.01. The fraction of sp³-hybridized carbons (Fsp3) is 0.769. The molecule has 1 heterocycles. The van der Waals surface area contributed by atoms with Crippen LogP contribution in [-0.2, 0) is 13.5 Å². The van der Waals surface area contributed by atoms with Crippen LogP contribution in [0.3, 0.4) is 0 Å². The van der Waals surface area contributed by atoms with Crippen molar-refractivity contribution in [3.8, 4) is 0 Å². The lowest BCUT2D eigenvalue weighted by Gasteiger charge is -2.09. The van der Waals surface area contributed by atoms with Gasteiger partial charge in [0.2, 0.25) is 0 Å². The molecule has 0 bridgehead atoms. The number of aryl methyl sites for hydroxylation is 1. The van der Waals surface area contributed by atoms with Crippen molar-refractivity contribution in [3.05, 3.63) is 18.2 Å². The zero-order valence-electron chi connectivity index (χ0n) is 9.84. The Morgan fingerprint density at radius 1 is 1.44 bits per heavy atom. The van der Waals surface area contributed by atoms with E-state index in [0.29, 0.717) is 5.92 Å². The van der Waals surface area contributed by atoms with Crippen molar-refractivity contribution in [3.63, 3.8) is 0 Å². The summed E-state index contributed by atoms with van der Waals surface area (Å²) in [6.07, 6.45) is 9.72. The molecule has 0 saturated heterocycles. The first kappa shape index (κ1) is 10.3. The first-order valence-electron chi connectivity index (χ1n) is 6.41. The fourth-order valence-electron chi connectivity index (χ4n) is 3.53. The summed E-state index contributed by atoms with van der Waals surface area (Å²) in [5.74, 6) is 3.23. The molecule has 0 aromatic carbocycles. The van der Waals surface area contributed by atoms with Gasteiger partial charge in [0.25, 0.3) is 0 Å². The standard InChI is InChI=1S/C13H20N2O/c1-15-7-6-14-12(15)8-11(16)13-9-4-2-3-5-10(9)13/h6-7,9-11,13,16H,2-5,8H2,1H3. The maximum atomic E-state index is 10.3. The molecule has 3 unspecified atom stereocenters. The highest BCUT2D eigenvalue weighted by Crippen LogP contribution is 2.57. The number of aliphatic hydroxyl groups excluding tert-OH is 1. The van der Waals surface area contributed by atoms with Gasteiger partial charge in [-0.3, -0.25) is 0 Å². The Kier molecular flexibility index (Phi) is 2.51. The van der Waals surface area contributed by atoms with Crippen LogP contribution in [0.25, 0.3) is 0 Å². The lowest BCUT2D eigenvalue weighted by atomic mass is 10.0. The first-order chi connectivity index (χ1) is 7.77. The van der Waals surface area contributed by atoms with Crippen molar-refractivity contribution < 1.29 is 5.11 Å². The molecule has 88 valence electrons. The van der Waals surface area contributed by atoms with E-state index in [9.17, 15) is 5.11 Å². The van der Waals surface area contributed by atoms with E-state index < -0.39 is 0 Å². The molecule has 0 spiro atoms. The van der Waals surface area contributed by atoms with Crippen LogP contribution in [0.2, 0.25) is 0 Å². The van der Waals surface area contributed by atoms with Gasteiger partial charge >= 0.3 is 0 Å². The van der Waals surface area contributed by atoms with Gasteiger partial charge in [-0.2, -0.15) is 0 Å². The number of hydrogen-bond donors (Lipinski definition) is 1. The summed E-state index contributed by atoms with van der Waals surface area (Å²) in [5.41, 5.74) is 0. The Hall–Kier alpha value is -0.830. The molecule has 2 aliphatic carbocycles. The van der Waals surface area contributed by atoms with Gasteiger partial charge in [-0.25, -0.2) is 4.98 Å². The van der Waals surface area contributed by atoms with E-state index in [1.54, 1.807) is 0 Å². The Labute approximate surface area is 96.5 Å². The minimum absolute atomic E-state index is 0.172. The van der Waals surface area contributed by atoms with E-state index in [4.69, 9.17) is 0 Å². The normalized spacial score (nSPS) is 34.5. The summed E-state index contributed by atoms with van der Waals surface area (Å²) in [4.78, 5) is 4.29. The third kappa shape index (κ3) is 1.67. The average molecular weight is 220 g/mol. The molecular formula is C13H20N2O. The largest absolute Gasteiger partial charge is 0.392 e. The molecule has 2 saturated carbocycles. The molecule has 3 rings (SSSR count). The zero-order chi connectivity index (χ0) is 11.1. The second kappa shape index (κ2) is 3.88. The van der Waals surface area contributed by atoms with Crippen molar-refractivity contribution >= 4 is 0 Å². The third-order valence-electron chi connectivity index (χ3n) is 4.48. The van der Waals surface area contributed by atoms with E-state index in [2.05, 4.69) is 4.98 Å². The molecule has 2 fully saturated rings. The number of aliphatic hydroxyl groups is 1. The van der Waals surface area contributed by atoms with Crippen LogP contribution in [0.5, 0.6) is 0 Å². The van der Waals surface area contributed by atoms with Gasteiger partial charge in [-0.1, -0.05) is 12.8 Å². The van der Waals surface area contributed by atoms with Gasteiger partial charge in [0.1, 0.15) is 5.82 Å². The maximum absolute atomic E-state index is 10.3.